The van der Waals surface area contributed by atoms with Crippen LogP contribution in [0.25, 0.3) is 0 Å². The van der Waals surface area contributed by atoms with E-state index in [4.69, 9.17) is 0 Å². The molecule has 2 rings (SSSR count). The van der Waals surface area contributed by atoms with Crippen LogP contribution in [-0.2, 0) is 6.42 Å². The van der Waals surface area contributed by atoms with E-state index in [9.17, 15) is 0 Å². The van der Waals surface area contributed by atoms with Gasteiger partial charge >= 0.3 is 0 Å². The standard InChI is InChI=1S/C13H22N2S/c1(5-13-6-3-12-16-13)2-9-15-10-4-7-14-8-11-15/h3,6,12,14H,1-2,4-5,7-11H2. The highest BCUT2D eigenvalue weighted by molar-refractivity contribution is 7.09. The van der Waals surface area contributed by atoms with Gasteiger partial charge in [0.25, 0.3) is 0 Å². The molecule has 0 atom stereocenters. The SMILES string of the molecule is c1csc(CCCCN2CCCNCC2)c1. The minimum absolute atomic E-state index is 1.17. The van der Waals surface area contributed by atoms with Gasteiger partial charge in [-0.15, -0.1) is 11.3 Å². The molecule has 2 nitrogen and oxygen atoms in total. The van der Waals surface area contributed by atoms with Crippen molar-refractivity contribution in [1.82, 2.24) is 10.2 Å². The maximum atomic E-state index is 3.45. The van der Waals surface area contributed by atoms with Gasteiger partial charge in [0.05, 0.1) is 0 Å². The van der Waals surface area contributed by atoms with Gasteiger partial charge in [-0.2, -0.15) is 0 Å². The number of unbranched alkanes of at least 4 members (excludes halogenated alkanes) is 1. The number of rotatable bonds is 5. The first-order chi connectivity index (χ1) is 7.95. The highest BCUT2D eigenvalue weighted by Crippen LogP contribution is 2.12. The third kappa shape index (κ3) is 4.24. The van der Waals surface area contributed by atoms with E-state index < -0.39 is 0 Å². The largest absolute Gasteiger partial charge is 0.315 e. The smallest absolute Gasteiger partial charge is 0.0107 e. The first kappa shape index (κ1) is 12.1. The molecule has 0 radical (unpaired) electrons. The van der Waals surface area contributed by atoms with E-state index in [0.717, 1.165) is 0 Å². The second-order valence-corrected chi connectivity index (χ2v) is 5.51. The van der Waals surface area contributed by atoms with Crippen molar-refractivity contribution in [2.24, 2.45) is 0 Å². The molecule has 1 aromatic heterocycles. The topological polar surface area (TPSA) is 15.3 Å². The summed E-state index contributed by atoms with van der Waals surface area (Å²) >= 11 is 1.89. The van der Waals surface area contributed by atoms with Crippen LogP contribution in [0.15, 0.2) is 17.5 Å². The van der Waals surface area contributed by atoms with Gasteiger partial charge in [0, 0.05) is 18.0 Å². The fourth-order valence-electron chi connectivity index (χ4n) is 2.21. The monoisotopic (exact) mass is 238 g/mol. The zero-order valence-corrected chi connectivity index (χ0v) is 10.8. The highest BCUT2D eigenvalue weighted by atomic mass is 32.1. The number of hydrogen-bond donors (Lipinski definition) is 1. The summed E-state index contributed by atoms with van der Waals surface area (Å²) in [7, 11) is 0. The Balaban J connectivity index is 1.56. The molecule has 1 aliphatic heterocycles. The zero-order chi connectivity index (χ0) is 11.1. The molecule has 0 unspecified atom stereocenters. The van der Waals surface area contributed by atoms with E-state index in [1.165, 1.54) is 63.3 Å². The Hall–Kier alpha value is -0.380. The second-order valence-electron chi connectivity index (χ2n) is 4.48. The van der Waals surface area contributed by atoms with E-state index in [1.807, 2.05) is 11.3 Å². The summed E-state index contributed by atoms with van der Waals surface area (Å²) in [4.78, 5) is 4.14. The molecule has 0 spiro atoms. The van der Waals surface area contributed by atoms with Crippen LogP contribution in [0, 0.1) is 0 Å². The lowest BCUT2D eigenvalue weighted by Gasteiger charge is -2.18. The maximum Gasteiger partial charge on any atom is 0.0107 e. The molecule has 0 saturated carbocycles. The number of hydrogen-bond acceptors (Lipinski definition) is 3. The van der Waals surface area contributed by atoms with Crippen LogP contribution in [0.4, 0.5) is 0 Å². The predicted octanol–water partition coefficient (Wildman–Crippen LogP) is 2.37. The van der Waals surface area contributed by atoms with Crippen molar-refractivity contribution in [2.45, 2.75) is 25.7 Å². The first-order valence-electron chi connectivity index (χ1n) is 6.40. The Morgan fingerprint density at radius 1 is 1.25 bits per heavy atom. The molecule has 0 amide bonds. The average molecular weight is 238 g/mol. The van der Waals surface area contributed by atoms with Crippen molar-refractivity contribution in [3.8, 4) is 0 Å². The summed E-state index contributed by atoms with van der Waals surface area (Å²) in [5, 5.41) is 5.63. The van der Waals surface area contributed by atoms with Crippen molar-refractivity contribution in [2.75, 3.05) is 32.7 Å². The molecule has 0 aromatic carbocycles. The molecule has 90 valence electrons. The molecule has 0 aliphatic carbocycles. The summed E-state index contributed by atoms with van der Waals surface area (Å²) in [5.74, 6) is 0. The van der Waals surface area contributed by atoms with Crippen molar-refractivity contribution in [3.05, 3.63) is 22.4 Å². The quantitative estimate of drug-likeness (QED) is 0.792. The van der Waals surface area contributed by atoms with Crippen LogP contribution in [0.1, 0.15) is 24.1 Å². The summed E-state index contributed by atoms with van der Waals surface area (Å²) in [5.41, 5.74) is 0. The van der Waals surface area contributed by atoms with Crippen LogP contribution in [0.2, 0.25) is 0 Å². The molecule has 1 saturated heterocycles. The minimum atomic E-state index is 1.17. The van der Waals surface area contributed by atoms with Gasteiger partial charge in [0.1, 0.15) is 0 Å². The average Bonchev–Trinajstić information content (AvgIpc) is 2.68. The number of thiophene rings is 1. The van der Waals surface area contributed by atoms with Crippen LogP contribution in [0.5, 0.6) is 0 Å². The summed E-state index contributed by atoms with van der Waals surface area (Å²) in [6.07, 6.45) is 5.26. The third-order valence-corrected chi connectivity index (χ3v) is 4.10. The molecule has 2 heterocycles. The van der Waals surface area contributed by atoms with Gasteiger partial charge in [-0.3, -0.25) is 0 Å². The van der Waals surface area contributed by atoms with Gasteiger partial charge in [-0.1, -0.05) is 6.07 Å². The minimum Gasteiger partial charge on any atom is -0.315 e. The molecule has 1 aliphatic rings. The van der Waals surface area contributed by atoms with Crippen LogP contribution >= 0.6 is 11.3 Å². The third-order valence-electron chi connectivity index (χ3n) is 3.16. The Bertz CT molecular complexity index is 263. The van der Waals surface area contributed by atoms with Gasteiger partial charge < -0.3 is 10.2 Å². The van der Waals surface area contributed by atoms with Gasteiger partial charge in [0.15, 0.2) is 0 Å². The number of aryl methyl sites for hydroxylation is 1. The Kier molecular flexibility index (Phi) is 5.32. The van der Waals surface area contributed by atoms with E-state index in [0.29, 0.717) is 0 Å². The van der Waals surface area contributed by atoms with Crippen molar-refractivity contribution >= 4 is 11.3 Å². The lowest BCUT2D eigenvalue weighted by Crippen LogP contribution is -2.29. The van der Waals surface area contributed by atoms with Crippen LogP contribution < -0.4 is 5.32 Å². The molecular formula is C13H22N2S. The van der Waals surface area contributed by atoms with E-state index >= 15 is 0 Å². The second kappa shape index (κ2) is 7.05. The van der Waals surface area contributed by atoms with Crippen LogP contribution in [-0.4, -0.2) is 37.6 Å². The molecule has 1 fully saturated rings. The van der Waals surface area contributed by atoms with Crippen molar-refractivity contribution in [1.29, 1.82) is 0 Å². The summed E-state index contributed by atoms with van der Waals surface area (Å²) in [6, 6.07) is 4.40. The molecule has 1 aromatic rings. The Morgan fingerprint density at radius 3 is 3.12 bits per heavy atom. The molecule has 0 bridgehead atoms. The van der Waals surface area contributed by atoms with Gasteiger partial charge in [-0.25, -0.2) is 0 Å². The Morgan fingerprint density at radius 2 is 2.25 bits per heavy atom. The predicted molar refractivity (Wildman–Crippen MR) is 71.2 cm³/mol. The normalized spacial score (nSPS) is 18.5. The Labute approximate surface area is 103 Å². The number of nitrogens with zero attached hydrogens (tertiary/aromatic N) is 1. The van der Waals surface area contributed by atoms with Gasteiger partial charge in [0.2, 0.25) is 0 Å². The zero-order valence-electron chi connectivity index (χ0n) is 9.95. The lowest BCUT2D eigenvalue weighted by molar-refractivity contribution is 0.286. The molecule has 1 N–H and O–H groups in total. The number of nitrogens with one attached hydrogen (secondary N) is 1. The fraction of sp³-hybridized carbons (Fsp3) is 0.692. The maximum absolute atomic E-state index is 3.45. The van der Waals surface area contributed by atoms with E-state index in [1.54, 1.807) is 0 Å². The first-order valence-corrected chi connectivity index (χ1v) is 7.28. The summed E-state index contributed by atoms with van der Waals surface area (Å²) in [6.45, 7) is 6.18. The molecular weight excluding hydrogens is 216 g/mol. The summed E-state index contributed by atoms with van der Waals surface area (Å²) < 4.78 is 0. The highest BCUT2D eigenvalue weighted by Gasteiger charge is 2.07. The van der Waals surface area contributed by atoms with E-state index in [2.05, 4.69) is 27.7 Å². The fourth-order valence-corrected chi connectivity index (χ4v) is 2.97. The van der Waals surface area contributed by atoms with Crippen LogP contribution in [0.3, 0.4) is 0 Å². The molecule has 16 heavy (non-hydrogen) atoms. The van der Waals surface area contributed by atoms with Crippen molar-refractivity contribution in [3.63, 3.8) is 0 Å². The lowest BCUT2D eigenvalue weighted by atomic mass is 10.2. The van der Waals surface area contributed by atoms with Gasteiger partial charge in [-0.05, 0) is 56.8 Å². The van der Waals surface area contributed by atoms with E-state index in [-0.39, 0.29) is 0 Å². The molecule has 3 heteroatoms. The van der Waals surface area contributed by atoms with Crippen molar-refractivity contribution < 1.29 is 0 Å².